The van der Waals surface area contributed by atoms with Gasteiger partial charge in [-0.25, -0.2) is 22.9 Å². The van der Waals surface area contributed by atoms with Crippen molar-refractivity contribution in [3.05, 3.63) is 41.1 Å². The molecule has 0 radical (unpaired) electrons. The molecule has 2 aliphatic carbocycles. The van der Waals surface area contributed by atoms with Gasteiger partial charge in [-0.2, -0.15) is 18.3 Å². The normalized spacial score (nSPS) is 24.3. The number of alkyl halides is 5. The van der Waals surface area contributed by atoms with Gasteiger partial charge in [0.15, 0.2) is 11.3 Å². The van der Waals surface area contributed by atoms with Gasteiger partial charge in [-0.05, 0) is 61.2 Å². The molecular weight excluding hydrogens is 553 g/mol. The Hall–Kier alpha value is -3.65. The monoisotopic (exact) mass is 581 g/mol. The first-order chi connectivity index (χ1) is 19.5. The molecule has 1 aliphatic heterocycles. The Labute approximate surface area is 230 Å². The van der Waals surface area contributed by atoms with Gasteiger partial charge in [0.25, 0.3) is 5.91 Å². The molecule has 1 saturated heterocycles. The van der Waals surface area contributed by atoms with Crippen molar-refractivity contribution in [3.63, 3.8) is 0 Å². The summed E-state index contributed by atoms with van der Waals surface area (Å²) in [7, 11) is 0. The number of carbonyl (C=O) groups is 2. The number of aromatic nitrogens is 5. The van der Waals surface area contributed by atoms with Crippen molar-refractivity contribution in [2.45, 2.75) is 75.4 Å². The lowest BCUT2D eigenvalue weighted by Crippen LogP contribution is -2.47. The standard InChI is InChI=1S/C26H28F5N7O3/c27-25(28)5-3-15(4-6-25)20(35-24(40)22-21(14-1-2-14)36-41-37-22)18-12-38-19(34-18)8-13(10-33-38)7-16-9-17(26(29,30)31)11-32-23(16)39/h8,10,12,14-17,20H,1-7,9,11H2,(H,32,39)(H,35,40)/t16-,17?,20+/m1/s1. The molecule has 41 heavy (non-hydrogen) atoms. The van der Waals surface area contributed by atoms with E-state index in [4.69, 9.17) is 4.63 Å². The molecule has 0 bridgehead atoms. The number of amides is 2. The molecule has 3 atom stereocenters. The van der Waals surface area contributed by atoms with E-state index in [-0.39, 0.29) is 56.1 Å². The molecule has 0 aromatic carbocycles. The minimum absolute atomic E-state index is 0.0467. The summed E-state index contributed by atoms with van der Waals surface area (Å²) in [5, 5.41) is 17.2. The first-order valence-corrected chi connectivity index (χ1v) is 13.7. The van der Waals surface area contributed by atoms with Crippen LogP contribution < -0.4 is 10.6 Å². The van der Waals surface area contributed by atoms with Crippen LogP contribution in [0.4, 0.5) is 22.0 Å². The highest BCUT2D eigenvalue weighted by atomic mass is 19.4. The highest BCUT2D eigenvalue weighted by Crippen LogP contribution is 2.43. The van der Waals surface area contributed by atoms with E-state index in [1.807, 2.05) is 0 Å². The van der Waals surface area contributed by atoms with Crippen LogP contribution >= 0.6 is 0 Å². The van der Waals surface area contributed by atoms with Gasteiger partial charge in [-0.15, -0.1) is 0 Å². The van der Waals surface area contributed by atoms with Crippen molar-refractivity contribution in [1.82, 2.24) is 35.5 Å². The zero-order chi connectivity index (χ0) is 28.9. The summed E-state index contributed by atoms with van der Waals surface area (Å²) in [6.07, 6.45) is -0.204. The summed E-state index contributed by atoms with van der Waals surface area (Å²) >= 11 is 0. The van der Waals surface area contributed by atoms with Crippen molar-refractivity contribution in [2.75, 3.05) is 6.54 Å². The molecule has 3 fully saturated rings. The van der Waals surface area contributed by atoms with Crippen molar-refractivity contribution in [1.29, 1.82) is 0 Å². The van der Waals surface area contributed by atoms with Crippen LogP contribution in [0, 0.1) is 17.8 Å². The Kier molecular flexibility index (Phi) is 6.92. The number of rotatable bonds is 7. The van der Waals surface area contributed by atoms with Crippen LogP contribution in [0.2, 0.25) is 0 Å². The lowest BCUT2D eigenvalue weighted by atomic mass is 9.81. The minimum Gasteiger partial charge on any atom is -0.355 e. The second kappa shape index (κ2) is 10.3. The molecule has 1 unspecified atom stereocenters. The lowest BCUT2D eigenvalue weighted by Gasteiger charge is -2.33. The molecular formula is C26H28F5N7O3. The topological polar surface area (TPSA) is 127 Å². The Bertz CT molecular complexity index is 1440. The fourth-order valence-electron chi connectivity index (χ4n) is 5.82. The summed E-state index contributed by atoms with van der Waals surface area (Å²) in [6.45, 7) is -0.438. The predicted octanol–water partition coefficient (Wildman–Crippen LogP) is 4.14. The summed E-state index contributed by atoms with van der Waals surface area (Å²) < 4.78 is 73.9. The van der Waals surface area contributed by atoms with Gasteiger partial charge in [0, 0.05) is 31.2 Å². The number of fused-ring (bicyclic) bond motifs is 1. The lowest BCUT2D eigenvalue weighted by molar-refractivity contribution is -0.183. The van der Waals surface area contributed by atoms with Gasteiger partial charge in [-0.3, -0.25) is 9.59 Å². The van der Waals surface area contributed by atoms with E-state index in [0.29, 0.717) is 22.6 Å². The molecule has 10 nitrogen and oxygen atoms in total. The molecule has 220 valence electrons. The maximum atomic E-state index is 14.0. The minimum atomic E-state index is -4.41. The van der Waals surface area contributed by atoms with Gasteiger partial charge >= 0.3 is 6.18 Å². The van der Waals surface area contributed by atoms with Gasteiger partial charge in [0.05, 0.1) is 30.0 Å². The van der Waals surface area contributed by atoms with Crippen molar-refractivity contribution in [2.24, 2.45) is 17.8 Å². The van der Waals surface area contributed by atoms with Gasteiger partial charge in [-0.1, -0.05) is 5.16 Å². The maximum Gasteiger partial charge on any atom is 0.393 e. The number of nitrogens with zero attached hydrogens (tertiary/aromatic N) is 5. The van der Waals surface area contributed by atoms with Crippen LogP contribution in [0.15, 0.2) is 23.1 Å². The third-order valence-electron chi connectivity index (χ3n) is 8.33. The van der Waals surface area contributed by atoms with Crippen molar-refractivity contribution in [3.8, 4) is 0 Å². The number of hydrogen-bond donors (Lipinski definition) is 2. The van der Waals surface area contributed by atoms with E-state index in [2.05, 4.69) is 31.0 Å². The average molecular weight is 582 g/mol. The zero-order valence-corrected chi connectivity index (χ0v) is 21.8. The molecule has 2 saturated carbocycles. The highest BCUT2D eigenvalue weighted by Gasteiger charge is 2.45. The quantitative estimate of drug-likeness (QED) is 0.402. The molecule has 0 spiro atoms. The van der Waals surface area contributed by atoms with Crippen molar-refractivity contribution >= 4 is 17.5 Å². The summed E-state index contributed by atoms with van der Waals surface area (Å²) in [5.41, 5.74) is 1.81. The zero-order valence-electron chi connectivity index (χ0n) is 21.8. The van der Waals surface area contributed by atoms with E-state index in [1.165, 1.54) is 10.7 Å². The van der Waals surface area contributed by atoms with Crippen LogP contribution in [0.25, 0.3) is 5.65 Å². The van der Waals surface area contributed by atoms with E-state index < -0.39 is 48.3 Å². The first-order valence-electron chi connectivity index (χ1n) is 13.7. The second-order valence-corrected chi connectivity index (χ2v) is 11.4. The van der Waals surface area contributed by atoms with E-state index >= 15 is 0 Å². The molecule has 3 aromatic heterocycles. The Morgan fingerprint density at radius 2 is 1.95 bits per heavy atom. The van der Waals surface area contributed by atoms with Gasteiger partial charge in [0.2, 0.25) is 11.8 Å². The third-order valence-corrected chi connectivity index (χ3v) is 8.33. The summed E-state index contributed by atoms with van der Waals surface area (Å²) in [6, 6.07) is 0.894. The van der Waals surface area contributed by atoms with Crippen LogP contribution in [0.1, 0.15) is 84.3 Å². The van der Waals surface area contributed by atoms with Gasteiger partial charge < -0.3 is 10.6 Å². The number of carbonyl (C=O) groups excluding carboxylic acids is 2. The van der Waals surface area contributed by atoms with E-state index in [0.717, 1.165) is 12.8 Å². The van der Waals surface area contributed by atoms with Crippen LogP contribution in [-0.2, 0) is 11.2 Å². The van der Waals surface area contributed by atoms with Crippen LogP contribution in [-0.4, -0.2) is 55.4 Å². The first kappa shape index (κ1) is 27.5. The molecule has 6 rings (SSSR count). The smallest absolute Gasteiger partial charge is 0.355 e. The fourth-order valence-corrected chi connectivity index (χ4v) is 5.82. The summed E-state index contributed by atoms with van der Waals surface area (Å²) in [5.74, 6) is -6.48. The maximum absolute atomic E-state index is 14.0. The van der Waals surface area contributed by atoms with Crippen molar-refractivity contribution < 1.29 is 36.2 Å². The average Bonchev–Trinajstić information content (AvgIpc) is 3.48. The largest absolute Gasteiger partial charge is 0.393 e. The number of halogens is 5. The van der Waals surface area contributed by atoms with E-state index in [9.17, 15) is 31.5 Å². The predicted molar refractivity (Wildman–Crippen MR) is 131 cm³/mol. The number of nitrogens with one attached hydrogen (secondary N) is 2. The van der Waals surface area contributed by atoms with Crippen LogP contribution in [0.5, 0.6) is 0 Å². The summed E-state index contributed by atoms with van der Waals surface area (Å²) in [4.78, 5) is 30.1. The molecule has 2 amide bonds. The van der Waals surface area contributed by atoms with E-state index in [1.54, 1.807) is 12.3 Å². The number of piperidine rings is 1. The Balaban J connectivity index is 1.24. The Morgan fingerprint density at radius 3 is 2.66 bits per heavy atom. The van der Waals surface area contributed by atoms with Crippen LogP contribution in [0.3, 0.4) is 0 Å². The number of imidazole rings is 1. The molecule has 15 heteroatoms. The highest BCUT2D eigenvalue weighted by molar-refractivity contribution is 5.93. The molecule has 3 aliphatic rings. The fraction of sp³-hybridized carbons (Fsp3) is 0.615. The molecule has 4 heterocycles. The molecule has 2 N–H and O–H groups in total. The third kappa shape index (κ3) is 5.89. The molecule has 3 aromatic rings. The number of hydrogen-bond acceptors (Lipinski definition) is 7. The SMILES string of the molecule is O=C(N[C@H](c1cn2ncc(C[C@@H]3CC(C(F)(F)F)CNC3=O)cc2n1)C1CCC(F)(F)CC1)c1nonc1C1CC1. The second-order valence-electron chi connectivity index (χ2n) is 11.4. The Morgan fingerprint density at radius 1 is 1.20 bits per heavy atom. The van der Waals surface area contributed by atoms with Gasteiger partial charge in [0.1, 0.15) is 5.69 Å².